The van der Waals surface area contributed by atoms with Gasteiger partial charge in [-0.2, -0.15) is 15.0 Å². The average molecular weight is 482 g/mol. The number of likely N-dealkylation sites (tertiary alicyclic amines) is 1. The number of carbonyl (C=O) groups is 1. The summed E-state index contributed by atoms with van der Waals surface area (Å²) in [7, 11) is 2.03. The SMILES string of the molecule is CN(c1nc(-c2cnc(N)nc2)nc(N2CCOCC2)n1)C1CCN(C(=O)C2CCCCC2)CC1. The summed E-state index contributed by atoms with van der Waals surface area (Å²) in [4.78, 5) is 41.9. The lowest BCUT2D eigenvalue weighted by molar-refractivity contribution is -0.137. The predicted octanol–water partition coefficient (Wildman–Crippen LogP) is 1.75. The van der Waals surface area contributed by atoms with E-state index in [0.29, 0.717) is 42.4 Å². The summed E-state index contributed by atoms with van der Waals surface area (Å²) < 4.78 is 5.51. The molecule has 0 atom stereocenters. The molecule has 0 radical (unpaired) electrons. The lowest BCUT2D eigenvalue weighted by Gasteiger charge is -2.38. The van der Waals surface area contributed by atoms with Crippen LogP contribution in [0.5, 0.6) is 0 Å². The second-order valence-corrected chi connectivity index (χ2v) is 9.69. The Kier molecular flexibility index (Phi) is 7.21. The standard InChI is InChI=1S/C24H35N9O2/c1-31(19-7-9-32(10-8-19)21(34)17-5-3-2-4-6-17)23-28-20(18-15-26-22(25)27-16-18)29-24(30-23)33-11-13-35-14-12-33/h15-17,19H,2-14H2,1H3,(H2,25,26,27). The van der Waals surface area contributed by atoms with Crippen LogP contribution in [0.2, 0.25) is 0 Å². The van der Waals surface area contributed by atoms with Crippen LogP contribution in [0.25, 0.3) is 11.4 Å². The quantitative estimate of drug-likeness (QED) is 0.675. The van der Waals surface area contributed by atoms with Gasteiger partial charge in [0.1, 0.15) is 0 Å². The molecule has 5 rings (SSSR count). The number of anilines is 3. The lowest BCUT2D eigenvalue weighted by Crippen LogP contribution is -2.48. The number of ether oxygens (including phenoxy) is 1. The summed E-state index contributed by atoms with van der Waals surface area (Å²) in [6.07, 6.45) is 10.8. The van der Waals surface area contributed by atoms with E-state index in [1.807, 2.05) is 7.05 Å². The number of nitrogens with two attached hydrogens (primary N) is 1. The Labute approximate surface area is 206 Å². The van der Waals surface area contributed by atoms with Crippen LogP contribution < -0.4 is 15.5 Å². The molecule has 35 heavy (non-hydrogen) atoms. The maximum absolute atomic E-state index is 13.0. The van der Waals surface area contributed by atoms with Crippen molar-refractivity contribution in [2.24, 2.45) is 5.92 Å². The first-order valence-electron chi connectivity index (χ1n) is 12.8. The Bertz CT molecular complexity index is 999. The van der Waals surface area contributed by atoms with Gasteiger partial charge in [-0.25, -0.2) is 9.97 Å². The molecule has 2 aliphatic heterocycles. The fourth-order valence-electron chi connectivity index (χ4n) is 5.24. The zero-order valence-corrected chi connectivity index (χ0v) is 20.5. The number of morpholine rings is 1. The molecule has 1 saturated carbocycles. The molecule has 2 aromatic heterocycles. The summed E-state index contributed by atoms with van der Waals surface area (Å²) >= 11 is 0. The molecular weight excluding hydrogens is 446 g/mol. The van der Waals surface area contributed by atoms with Gasteiger partial charge in [-0.3, -0.25) is 4.79 Å². The molecule has 0 aromatic carbocycles. The van der Waals surface area contributed by atoms with E-state index in [4.69, 9.17) is 25.4 Å². The van der Waals surface area contributed by atoms with Crippen molar-refractivity contribution < 1.29 is 9.53 Å². The van der Waals surface area contributed by atoms with E-state index < -0.39 is 0 Å². The fourth-order valence-corrected chi connectivity index (χ4v) is 5.24. The molecule has 4 heterocycles. The van der Waals surface area contributed by atoms with Gasteiger partial charge in [0, 0.05) is 57.6 Å². The van der Waals surface area contributed by atoms with Crippen molar-refractivity contribution in [2.45, 2.75) is 51.0 Å². The third-order valence-corrected chi connectivity index (χ3v) is 7.43. The second kappa shape index (κ2) is 10.7. The number of rotatable bonds is 5. The van der Waals surface area contributed by atoms with Crippen molar-refractivity contribution in [3.05, 3.63) is 12.4 Å². The molecule has 3 fully saturated rings. The van der Waals surface area contributed by atoms with Crippen molar-refractivity contribution >= 4 is 23.8 Å². The molecule has 11 nitrogen and oxygen atoms in total. The van der Waals surface area contributed by atoms with Crippen LogP contribution >= 0.6 is 0 Å². The summed E-state index contributed by atoms with van der Waals surface area (Å²) in [5.41, 5.74) is 6.37. The smallest absolute Gasteiger partial charge is 0.230 e. The molecule has 1 amide bonds. The van der Waals surface area contributed by atoms with Gasteiger partial charge in [0.05, 0.1) is 18.8 Å². The first kappa shape index (κ1) is 23.7. The average Bonchev–Trinajstić information content (AvgIpc) is 2.93. The topological polar surface area (TPSA) is 126 Å². The van der Waals surface area contributed by atoms with Crippen LogP contribution in [0.1, 0.15) is 44.9 Å². The number of piperidine rings is 1. The van der Waals surface area contributed by atoms with Crippen molar-refractivity contribution in [1.82, 2.24) is 29.8 Å². The van der Waals surface area contributed by atoms with Crippen LogP contribution in [0.15, 0.2) is 12.4 Å². The molecule has 0 spiro atoms. The number of nitrogens with zero attached hydrogens (tertiary/aromatic N) is 8. The molecule has 0 unspecified atom stereocenters. The van der Waals surface area contributed by atoms with E-state index in [0.717, 1.165) is 51.9 Å². The normalized spacial score (nSPS) is 20.1. The molecule has 1 aliphatic carbocycles. The van der Waals surface area contributed by atoms with Crippen molar-refractivity contribution in [3.63, 3.8) is 0 Å². The van der Waals surface area contributed by atoms with Crippen LogP contribution in [0.4, 0.5) is 17.8 Å². The van der Waals surface area contributed by atoms with E-state index >= 15 is 0 Å². The molecule has 188 valence electrons. The summed E-state index contributed by atoms with van der Waals surface area (Å²) in [6, 6.07) is 0.251. The molecule has 11 heteroatoms. The maximum Gasteiger partial charge on any atom is 0.230 e. The Hall–Kier alpha value is -3.08. The Morgan fingerprint density at radius 2 is 1.66 bits per heavy atom. The van der Waals surface area contributed by atoms with Crippen molar-refractivity contribution in [2.75, 3.05) is 62.0 Å². The molecule has 2 aromatic rings. The van der Waals surface area contributed by atoms with Gasteiger partial charge in [-0.05, 0) is 25.7 Å². The van der Waals surface area contributed by atoms with E-state index in [9.17, 15) is 4.79 Å². The highest BCUT2D eigenvalue weighted by Crippen LogP contribution is 2.28. The number of aromatic nitrogens is 5. The van der Waals surface area contributed by atoms with Crippen LogP contribution in [0, 0.1) is 5.92 Å². The zero-order valence-electron chi connectivity index (χ0n) is 20.5. The van der Waals surface area contributed by atoms with E-state index in [2.05, 4.69) is 24.7 Å². The number of hydrogen-bond acceptors (Lipinski definition) is 10. The van der Waals surface area contributed by atoms with E-state index in [1.54, 1.807) is 12.4 Å². The molecule has 3 aliphatic rings. The van der Waals surface area contributed by atoms with Crippen molar-refractivity contribution in [3.8, 4) is 11.4 Å². The molecular formula is C24H35N9O2. The highest BCUT2D eigenvalue weighted by Gasteiger charge is 2.31. The maximum atomic E-state index is 13.0. The predicted molar refractivity (Wildman–Crippen MR) is 133 cm³/mol. The van der Waals surface area contributed by atoms with Gasteiger partial charge in [-0.15, -0.1) is 0 Å². The largest absolute Gasteiger partial charge is 0.378 e. The van der Waals surface area contributed by atoms with Gasteiger partial charge in [0.25, 0.3) is 0 Å². The van der Waals surface area contributed by atoms with Crippen LogP contribution in [0.3, 0.4) is 0 Å². The second-order valence-electron chi connectivity index (χ2n) is 9.69. The first-order chi connectivity index (χ1) is 17.1. The molecule has 2 N–H and O–H groups in total. The van der Waals surface area contributed by atoms with E-state index in [-0.39, 0.29) is 17.9 Å². The summed E-state index contributed by atoms with van der Waals surface area (Å²) in [5, 5.41) is 0. The number of carbonyl (C=O) groups excluding carboxylic acids is 1. The summed E-state index contributed by atoms with van der Waals surface area (Å²) in [5.74, 6) is 2.55. The first-order valence-corrected chi connectivity index (χ1v) is 12.8. The zero-order chi connectivity index (χ0) is 24.2. The third-order valence-electron chi connectivity index (χ3n) is 7.43. The third kappa shape index (κ3) is 5.44. The minimum absolute atomic E-state index is 0.211. The van der Waals surface area contributed by atoms with Crippen LogP contribution in [-0.4, -0.2) is 88.2 Å². The minimum atomic E-state index is 0.211. The Balaban J connectivity index is 1.33. The summed E-state index contributed by atoms with van der Waals surface area (Å²) in [6.45, 7) is 4.31. The van der Waals surface area contributed by atoms with Gasteiger partial charge >= 0.3 is 0 Å². The van der Waals surface area contributed by atoms with Crippen LogP contribution in [-0.2, 0) is 9.53 Å². The number of hydrogen-bond donors (Lipinski definition) is 1. The molecule has 2 saturated heterocycles. The van der Waals surface area contributed by atoms with Gasteiger partial charge < -0.3 is 25.2 Å². The molecule has 0 bridgehead atoms. The number of nitrogen functional groups attached to an aromatic ring is 1. The van der Waals surface area contributed by atoms with Crippen molar-refractivity contribution in [1.29, 1.82) is 0 Å². The highest BCUT2D eigenvalue weighted by molar-refractivity contribution is 5.79. The highest BCUT2D eigenvalue weighted by atomic mass is 16.5. The van der Waals surface area contributed by atoms with Gasteiger partial charge in [0.15, 0.2) is 5.82 Å². The number of amides is 1. The fraction of sp³-hybridized carbons (Fsp3) is 0.667. The Morgan fingerprint density at radius 3 is 2.34 bits per heavy atom. The lowest BCUT2D eigenvalue weighted by atomic mass is 9.87. The Morgan fingerprint density at radius 1 is 0.971 bits per heavy atom. The minimum Gasteiger partial charge on any atom is -0.378 e. The van der Waals surface area contributed by atoms with Gasteiger partial charge in [0.2, 0.25) is 23.8 Å². The van der Waals surface area contributed by atoms with E-state index in [1.165, 1.54) is 19.3 Å². The van der Waals surface area contributed by atoms with Gasteiger partial charge in [-0.1, -0.05) is 19.3 Å². The monoisotopic (exact) mass is 481 g/mol.